The van der Waals surface area contributed by atoms with Gasteiger partial charge in [-0.05, 0) is 32.6 Å². The average Bonchev–Trinajstić information content (AvgIpc) is 2.57. The fraction of sp³-hybridized carbons (Fsp3) is 0.750. The Morgan fingerprint density at radius 3 is 2.50 bits per heavy atom. The Labute approximate surface area is 102 Å². The van der Waals surface area contributed by atoms with Crippen molar-refractivity contribution in [2.24, 2.45) is 5.92 Å². The first-order chi connectivity index (χ1) is 7.61. The predicted molar refractivity (Wildman–Crippen MR) is 67.7 cm³/mol. The van der Waals surface area contributed by atoms with Crippen molar-refractivity contribution in [2.45, 2.75) is 52.0 Å². The lowest BCUT2D eigenvalue weighted by molar-refractivity contribution is 0.252. The number of nitrogens with zero attached hydrogens (tertiary/aromatic N) is 2. The van der Waals surface area contributed by atoms with E-state index in [2.05, 4.69) is 12.0 Å². The highest BCUT2D eigenvalue weighted by atomic mass is 35.5. The highest BCUT2D eigenvalue weighted by Crippen LogP contribution is 2.35. The first-order valence-corrected chi connectivity index (χ1v) is 6.49. The molecule has 1 aliphatic rings. The second-order valence-corrected chi connectivity index (χ2v) is 5.25. The van der Waals surface area contributed by atoms with Crippen LogP contribution in [0, 0.1) is 12.8 Å². The van der Waals surface area contributed by atoms with E-state index in [9.17, 15) is 0 Å². The molecule has 0 bridgehead atoms. The molecule has 0 radical (unpaired) electrons. The van der Waals surface area contributed by atoms with Crippen LogP contribution in [0.25, 0.3) is 0 Å². The Balaban J connectivity index is 2.19. The summed E-state index contributed by atoms with van der Waals surface area (Å²) < 4.78 is 1.91. The van der Waals surface area contributed by atoms with E-state index in [0.29, 0.717) is 22.8 Å². The van der Waals surface area contributed by atoms with Gasteiger partial charge in [0, 0.05) is 0 Å². The van der Waals surface area contributed by atoms with Gasteiger partial charge in [-0.1, -0.05) is 30.9 Å². The summed E-state index contributed by atoms with van der Waals surface area (Å²) in [6.07, 6.45) is 6.62. The Morgan fingerprint density at radius 2 is 2.00 bits per heavy atom. The molecule has 0 aromatic carbocycles. The van der Waals surface area contributed by atoms with Crippen molar-refractivity contribution in [2.75, 3.05) is 5.73 Å². The third-order valence-electron chi connectivity index (χ3n) is 3.76. The molecule has 0 aliphatic heterocycles. The molecule has 2 N–H and O–H groups in total. The maximum absolute atomic E-state index is 6.07. The van der Waals surface area contributed by atoms with Crippen LogP contribution in [0.3, 0.4) is 0 Å². The minimum Gasteiger partial charge on any atom is -0.383 e. The van der Waals surface area contributed by atoms with Crippen molar-refractivity contribution in [3.63, 3.8) is 0 Å². The maximum atomic E-state index is 6.07. The molecule has 0 saturated heterocycles. The number of hydrogen-bond acceptors (Lipinski definition) is 2. The van der Waals surface area contributed by atoms with E-state index in [-0.39, 0.29) is 0 Å². The predicted octanol–water partition coefficient (Wildman–Crippen LogP) is 3.57. The molecule has 90 valence electrons. The van der Waals surface area contributed by atoms with E-state index in [1.165, 1.54) is 32.1 Å². The monoisotopic (exact) mass is 241 g/mol. The van der Waals surface area contributed by atoms with Gasteiger partial charge in [0.25, 0.3) is 0 Å². The van der Waals surface area contributed by atoms with E-state index < -0.39 is 0 Å². The molecule has 1 atom stereocenters. The van der Waals surface area contributed by atoms with Crippen molar-refractivity contribution in [3.8, 4) is 0 Å². The summed E-state index contributed by atoms with van der Waals surface area (Å²) in [7, 11) is 0. The van der Waals surface area contributed by atoms with Crippen LogP contribution in [-0.4, -0.2) is 9.78 Å². The lowest BCUT2D eigenvalue weighted by Gasteiger charge is -2.28. The molecule has 0 spiro atoms. The topological polar surface area (TPSA) is 43.8 Å². The molecule has 16 heavy (non-hydrogen) atoms. The fourth-order valence-electron chi connectivity index (χ4n) is 2.67. The van der Waals surface area contributed by atoms with Gasteiger partial charge >= 0.3 is 0 Å². The molecule has 0 amide bonds. The van der Waals surface area contributed by atoms with E-state index >= 15 is 0 Å². The number of halogens is 1. The third kappa shape index (κ3) is 2.05. The molecule has 1 aliphatic carbocycles. The van der Waals surface area contributed by atoms with Crippen LogP contribution in [0.15, 0.2) is 0 Å². The van der Waals surface area contributed by atoms with E-state index in [4.69, 9.17) is 17.3 Å². The molecule has 1 aromatic rings. The average molecular weight is 242 g/mol. The molecule has 1 fully saturated rings. The summed E-state index contributed by atoms with van der Waals surface area (Å²) >= 11 is 6.07. The molecule has 1 heterocycles. The zero-order chi connectivity index (χ0) is 11.7. The van der Waals surface area contributed by atoms with Gasteiger partial charge in [-0.25, -0.2) is 4.68 Å². The van der Waals surface area contributed by atoms with Crippen LogP contribution in [0.4, 0.5) is 5.82 Å². The fourth-order valence-corrected chi connectivity index (χ4v) is 2.80. The quantitative estimate of drug-likeness (QED) is 0.860. The molecule has 3 nitrogen and oxygen atoms in total. The van der Waals surface area contributed by atoms with Gasteiger partial charge in [-0.3, -0.25) is 0 Å². The van der Waals surface area contributed by atoms with Gasteiger partial charge < -0.3 is 5.73 Å². The second-order valence-electron chi connectivity index (χ2n) is 4.87. The second kappa shape index (κ2) is 4.66. The summed E-state index contributed by atoms with van der Waals surface area (Å²) in [6.45, 7) is 4.11. The highest BCUT2D eigenvalue weighted by Gasteiger charge is 2.24. The Morgan fingerprint density at radius 1 is 1.38 bits per heavy atom. The van der Waals surface area contributed by atoms with Crippen molar-refractivity contribution >= 4 is 17.4 Å². The SMILES string of the molecule is Cc1nn(C(C)C2CCCCC2)c(N)c1Cl. The summed E-state index contributed by atoms with van der Waals surface area (Å²) in [5.41, 5.74) is 6.81. The van der Waals surface area contributed by atoms with Gasteiger partial charge in [-0.15, -0.1) is 0 Å². The molecular formula is C12H20ClN3. The van der Waals surface area contributed by atoms with Gasteiger partial charge in [0.1, 0.15) is 10.8 Å². The molecule has 1 aromatic heterocycles. The number of nitrogens with two attached hydrogens (primary N) is 1. The molecule has 4 heteroatoms. The van der Waals surface area contributed by atoms with Crippen LogP contribution in [0.5, 0.6) is 0 Å². The van der Waals surface area contributed by atoms with Crippen LogP contribution < -0.4 is 5.73 Å². The summed E-state index contributed by atoms with van der Waals surface area (Å²) in [5.74, 6) is 1.32. The van der Waals surface area contributed by atoms with Crippen molar-refractivity contribution < 1.29 is 0 Å². The minimum atomic E-state index is 0.367. The molecule has 2 rings (SSSR count). The van der Waals surface area contributed by atoms with Crippen molar-refractivity contribution in [1.29, 1.82) is 0 Å². The lowest BCUT2D eigenvalue weighted by Crippen LogP contribution is -2.21. The van der Waals surface area contributed by atoms with Crippen LogP contribution in [0.1, 0.15) is 50.8 Å². The zero-order valence-electron chi connectivity index (χ0n) is 10.0. The van der Waals surface area contributed by atoms with Gasteiger partial charge in [0.2, 0.25) is 0 Å². The number of aromatic nitrogens is 2. The number of nitrogen functional groups attached to an aromatic ring is 1. The number of hydrogen-bond donors (Lipinski definition) is 1. The standard InChI is InChI=1S/C12H20ClN3/c1-8-11(13)12(14)16(15-8)9(2)10-6-4-3-5-7-10/h9-10H,3-7,14H2,1-2H3. The Bertz CT molecular complexity index is 367. The third-order valence-corrected chi connectivity index (χ3v) is 4.23. The molecular weight excluding hydrogens is 222 g/mol. The maximum Gasteiger partial charge on any atom is 0.141 e. The first-order valence-electron chi connectivity index (χ1n) is 6.11. The van der Waals surface area contributed by atoms with Crippen LogP contribution >= 0.6 is 11.6 Å². The highest BCUT2D eigenvalue weighted by molar-refractivity contribution is 6.33. The van der Waals surface area contributed by atoms with Crippen molar-refractivity contribution in [1.82, 2.24) is 9.78 Å². The number of aryl methyl sites for hydroxylation is 1. The largest absolute Gasteiger partial charge is 0.383 e. The van der Waals surface area contributed by atoms with E-state index in [1.54, 1.807) is 0 Å². The number of rotatable bonds is 2. The summed E-state index contributed by atoms with van der Waals surface area (Å²) in [4.78, 5) is 0. The van der Waals surface area contributed by atoms with Gasteiger partial charge in [0.05, 0.1) is 11.7 Å². The normalized spacial score (nSPS) is 19.9. The molecule has 1 unspecified atom stereocenters. The summed E-state index contributed by atoms with van der Waals surface area (Å²) in [6, 6.07) is 0.367. The van der Waals surface area contributed by atoms with Crippen molar-refractivity contribution in [3.05, 3.63) is 10.7 Å². The zero-order valence-corrected chi connectivity index (χ0v) is 10.8. The number of anilines is 1. The van der Waals surface area contributed by atoms with Crippen LogP contribution in [-0.2, 0) is 0 Å². The van der Waals surface area contributed by atoms with Gasteiger partial charge in [-0.2, -0.15) is 5.10 Å². The van der Waals surface area contributed by atoms with E-state index in [1.807, 2.05) is 11.6 Å². The smallest absolute Gasteiger partial charge is 0.141 e. The molecule has 1 saturated carbocycles. The van der Waals surface area contributed by atoms with E-state index in [0.717, 1.165) is 5.69 Å². The lowest BCUT2D eigenvalue weighted by atomic mass is 9.84. The Hall–Kier alpha value is -0.700. The first kappa shape index (κ1) is 11.8. The summed E-state index contributed by atoms with van der Waals surface area (Å²) in [5, 5.41) is 5.06. The van der Waals surface area contributed by atoms with Gasteiger partial charge in [0.15, 0.2) is 0 Å². The Kier molecular flexibility index (Phi) is 3.43. The van der Waals surface area contributed by atoms with Crippen LogP contribution in [0.2, 0.25) is 5.02 Å². The minimum absolute atomic E-state index is 0.367.